The normalized spacial score (nSPS) is 12.2. The van der Waals surface area contributed by atoms with Gasteiger partial charge in [-0.05, 0) is 30.7 Å². The van der Waals surface area contributed by atoms with Crippen LogP contribution in [-0.2, 0) is 0 Å². The summed E-state index contributed by atoms with van der Waals surface area (Å²) in [5.41, 5.74) is 1.88. The van der Waals surface area contributed by atoms with Crippen molar-refractivity contribution in [2.75, 3.05) is 5.32 Å². The average Bonchev–Trinajstić information content (AvgIpc) is 3.07. The zero-order valence-corrected chi connectivity index (χ0v) is 13.6. The number of nitrogens with one attached hydrogen (secondary N) is 1. The molecule has 0 amide bonds. The average molecular weight is 333 g/mol. The second kappa shape index (κ2) is 6.32. The van der Waals surface area contributed by atoms with E-state index in [1.54, 1.807) is 29.2 Å². The summed E-state index contributed by atoms with van der Waals surface area (Å²) in [6.07, 6.45) is 5.25. The molecule has 0 bridgehead atoms. The molecule has 0 aliphatic heterocycles. The summed E-state index contributed by atoms with van der Waals surface area (Å²) in [7, 11) is 0. The smallest absolute Gasteiger partial charge is 0.174 e. The molecule has 6 heteroatoms. The molecular weight excluding hydrogens is 317 g/mol. The molecule has 1 N–H and O–H groups in total. The Hall–Kier alpha value is -3.28. The fraction of sp³-hybridized carbons (Fsp3) is 0.105. The number of hydrogen-bond donors (Lipinski definition) is 1. The molecular formula is C19H16FN5. The number of aromatic nitrogens is 4. The third kappa shape index (κ3) is 3.19. The Labute approximate surface area is 144 Å². The minimum absolute atomic E-state index is 0.0261. The van der Waals surface area contributed by atoms with E-state index in [1.807, 2.05) is 37.4 Å². The van der Waals surface area contributed by atoms with Crippen LogP contribution in [0.5, 0.6) is 0 Å². The summed E-state index contributed by atoms with van der Waals surface area (Å²) in [6, 6.07) is 14.3. The molecule has 2 heterocycles. The number of benzene rings is 2. The van der Waals surface area contributed by atoms with Crippen molar-refractivity contribution in [2.24, 2.45) is 0 Å². The second-order valence-corrected chi connectivity index (χ2v) is 5.81. The van der Waals surface area contributed by atoms with Crippen molar-refractivity contribution in [1.29, 1.82) is 0 Å². The molecule has 25 heavy (non-hydrogen) atoms. The number of nitrogens with zero attached hydrogens (tertiary/aromatic N) is 4. The zero-order chi connectivity index (χ0) is 17.2. The molecule has 5 nitrogen and oxygen atoms in total. The minimum atomic E-state index is -0.247. The lowest BCUT2D eigenvalue weighted by Crippen LogP contribution is -2.10. The van der Waals surface area contributed by atoms with Gasteiger partial charge in [0, 0.05) is 17.6 Å². The van der Waals surface area contributed by atoms with Crippen molar-refractivity contribution in [3.8, 4) is 5.82 Å². The molecule has 0 aliphatic carbocycles. The Kier molecular flexibility index (Phi) is 3.85. The number of rotatable bonds is 4. The number of anilines is 1. The molecule has 124 valence electrons. The van der Waals surface area contributed by atoms with Crippen molar-refractivity contribution >= 4 is 16.7 Å². The third-order valence-electron chi connectivity index (χ3n) is 4.00. The van der Waals surface area contributed by atoms with Crippen LogP contribution in [0.3, 0.4) is 0 Å². The summed E-state index contributed by atoms with van der Waals surface area (Å²) < 4.78 is 14.8. The molecule has 2 aromatic carbocycles. The van der Waals surface area contributed by atoms with E-state index in [4.69, 9.17) is 0 Å². The topological polar surface area (TPSA) is 55.6 Å². The van der Waals surface area contributed by atoms with Crippen LogP contribution in [0.15, 0.2) is 67.1 Å². The fourth-order valence-corrected chi connectivity index (χ4v) is 2.67. The Bertz CT molecular complexity index is 977. The molecule has 0 fully saturated rings. The largest absolute Gasteiger partial charge is 0.362 e. The molecule has 0 aliphatic rings. The highest BCUT2D eigenvalue weighted by Gasteiger charge is 2.09. The first-order valence-electron chi connectivity index (χ1n) is 7.98. The molecule has 2 aromatic heterocycles. The first-order chi connectivity index (χ1) is 12.2. The monoisotopic (exact) mass is 333 g/mol. The first kappa shape index (κ1) is 15.3. The maximum Gasteiger partial charge on any atom is 0.174 e. The van der Waals surface area contributed by atoms with Crippen molar-refractivity contribution in [1.82, 2.24) is 19.7 Å². The molecule has 0 radical (unpaired) electrons. The highest BCUT2D eigenvalue weighted by atomic mass is 19.1. The number of halogens is 1. The van der Waals surface area contributed by atoms with Crippen molar-refractivity contribution in [2.45, 2.75) is 13.0 Å². The van der Waals surface area contributed by atoms with Gasteiger partial charge in [-0.1, -0.05) is 30.3 Å². The summed E-state index contributed by atoms with van der Waals surface area (Å²) in [5, 5.41) is 8.84. The lowest BCUT2D eigenvalue weighted by Gasteiger charge is -2.15. The van der Waals surface area contributed by atoms with E-state index < -0.39 is 0 Å². The van der Waals surface area contributed by atoms with E-state index in [2.05, 4.69) is 20.4 Å². The summed E-state index contributed by atoms with van der Waals surface area (Å²) >= 11 is 0. The Morgan fingerprint density at radius 3 is 2.64 bits per heavy atom. The third-order valence-corrected chi connectivity index (χ3v) is 4.00. The van der Waals surface area contributed by atoms with Gasteiger partial charge in [-0.2, -0.15) is 5.10 Å². The van der Waals surface area contributed by atoms with Gasteiger partial charge >= 0.3 is 0 Å². The van der Waals surface area contributed by atoms with Gasteiger partial charge in [0.1, 0.15) is 11.6 Å². The maximum atomic E-state index is 13.1. The highest BCUT2D eigenvalue weighted by Crippen LogP contribution is 2.19. The molecule has 1 atom stereocenters. The van der Waals surface area contributed by atoms with Gasteiger partial charge in [0.2, 0.25) is 0 Å². The Morgan fingerprint density at radius 1 is 1.04 bits per heavy atom. The van der Waals surface area contributed by atoms with Crippen LogP contribution in [0.4, 0.5) is 10.2 Å². The van der Waals surface area contributed by atoms with E-state index in [1.165, 1.54) is 12.1 Å². The predicted octanol–water partition coefficient (Wildman–Crippen LogP) is 4.13. The number of hydrogen-bond acceptors (Lipinski definition) is 4. The second-order valence-electron chi connectivity index (χ2n) is 5.81. The molecule has 0 saturated carbocycles. The lowest BCUT2D eigenvalue weighted by atomic mass is 10.1. The molecule has 0 unspecified atom stereocenters. The van der Waals surface area contributed by atoms with Gasteiger partial charge < -0.3 is 5.32 Å². The van der Waals surface area contributed by atoms with Crippen LogP contribution in [0.25, 0.3) is 16.7 Å². The summed E-state index contributed by atoms with van der Waals surface area (Å²) in [5.74, 6) is 1.02. The van der Waals surface area contributed by atoms with Crippen LogP contribution in [-0.4, -0.2) is 19.7 Å². The van der Waals surface area contributed by atoms with Gasteiger partial charge in [-0.3, -0.25) is 4.98 Å². The Balaban J connectivity index is 1.59. The standard InChI is InChI=1S/C19H16FN5/c1-13(14-6-8-16(20)9-7-14)22-18-10-21-11-19(23-18)25-12-15-4-2-3-5-17(15)24-25/h2-13H,1H3,(H,22,23)/t13-/m0/s1. The van der Waals surface area contributed by atoms with Gasteiger partial charge in [-0.15, -0.1) is 0 Å². The van der Waals surface area contributed by atoms with Crippen molar-refractivity contribution in [3.05, 3.63) is 78.5 Å². The highest BCUT2D eigenvalue weighted by molar-refractivity contribution is 5.78. The molecule has 4 aromatic rings. The van der Waals surface area contributed by atoms with E-state index in [-0.39, 0.29) is 11.9 Å². The van der Waals surface area contributed by atoms with Crippen molar-refractivity contribution < 1.29 is 4.39 Å². The Morgan fingerprint density at radius 2 is 1.84 bits per heavy atom. The summed E-state index contributed by atoms with van der Waals surface area (Å²) in [6.45, 7) is 1.99. The van der Waals surface area contributed by atoms with Gasteiger partial charge in [0.05, 0.1) is 17.9 Å². The predicted molar refractivity (Wildman–Crippen MR) is 95.1 cm³/mol. The van der Waals surface area contributed by atoms with Gasteiger partial charge in [0.15, 0.2) is 5.82 Å². The fourth-order valence-electron chi connectivity index (χ4n) is 2.67. The lowest BCUT2D eigenvalue weighted by molar-refractivity contribution is 0.626. The van der Waals surface area contributed by atoms with E-state index in [0.29, 0.717) is 11.6 Å². The van der Waals surface area contributed by atoms with Crippen LogP contribution >= 0.6 is 0 Å². The van der Waals surface area contributed by atoms with Gasteiger partial charge in [-0.25, -0.2) is 14.1 Å². The van der Waals surface area contributed by atoms with E-state index in [9.17, 15) is 4.39 Å². The van der Waals surface area contributed by atoms with Crippen LogP contribution < -0.4 is 5.32 Å². The van der Waals surface area contributed by atoms with E-state index >= 15 is 0 Å². The quantitative estimate of drug-likeness (QED) is 0.610. The molecule has 0 saturated heterocycles. The number of fused-ring (bicyclic) bond motifs is 1. The minimum Gasteiger partial charge on any atom is -0.362 e. The molecule has 0 spiro atoms. The van der Waals surface area contributed by atoms with Crippen molar-refractivity contribution in [3.63, 3.8) is 0 Å². The SMILES string of the molecule is C[C@H](Nc1cncc(-n2cc3ccccc3n2)n1)c1ccc(F)cc1. The maximum absolute atomic E-state index is 13.1. The summed E-state index contributed by atoms with van der Waals surface area (Å²) in [4.78, 5) is 8.82. The van der Waals surface area contributed by atoms with Gasteiger partial charge in [0.25, 0.3) is 0 Å². The van der Waals surface area contributed by atoms with E-state index in [0.717, 1.165) is 16.5 Å². The van der Waals surface area contributed by atoms with Crippen LogP contribution in [0.1, 0.15) is 18.5 Å². The first-order valence-corrected chi connectivity index (χ1v) is 7.98. The zero-order valence-electron chi connectivity index (χ0n) is 13.6. The van der Waals surface area contributed by atoms with Crippen LogP contribution in [0.2, 0.25) is 0 Å². The molecule has 4 rings (SSSR count). The van der Waals surface area contributed by atoms with Crippen LogP contribution in [0, 0.1) is 5.82 Å².